The van der Waals surface area contributed by atoms with Crippen LogP contribution in [0.1, 0.15) is 35.2 Å². The van der Waals surface area contributed by atoms with E-state index in [-0.39, 0.29) is 23.1 Å². The summed E-state index contributed by atoms with van der Waals surface area (Å²) in [6.45, 7) is 2.86. The molecule has 2 aliphatic heterocycles. The van der Waals surface area contributed by atoms with Crippen LogP contribution in [0.4, 0.5) is 0 Å². The van der Waals surface area contributed by atoms with Crippen LogP contribution in [0.15, 0.2) is 35.0 Å². The molecule has 31 heavy (non-hydrogen) atoms. The van der Waals surface area contributed by atoms with Crippen LogP contribution in [0, 0.1) is 5.41 Å². The van der Waals surface area contributed by atoms with E-state index in [1.807, 2.05) is 32.7 Å². The van der Waals surface area contributed by atoms with Gasteiger partial charge in [-0.3, -0.25) is 9.59 Å². The lowest BCUT2D eigenvalue weighted by molar-refractivity contribution is -0.128. The van der Waals surface area contributed by atoms with Gasteiger partial charge >= 0.3 is 0 Å². The topological polar surface area (TPSA) is 72.0 Å². The maximum absolute atomic E-state index is 13.1. The zero-order valence-corrected chi connectivity index (χ0v) is 18.7. The fourth-order valence-corrected chi connectivity index (χ4v) is 5.02. The van der Waals surface area contributed by atoms with Gasteiger partial charge in [0.15, 0.2) is 0 Å². The largest absolute Gasteiger partial charge is 0.481 e. The van der Waals surface area contributed by atoms with Crippen molar-refractivity contribution < 1.29 is 19.1 Å². The molecule has 7 nitrogen and oxygen atoms in total. The van der Waals surface area contributed by atoms with Gasteiger partial charge in [0.2, 0.25) is 17.7 Å². The van der Waals surface area contributed by atoms with E-state index in [1.54, 1.807) is 29.5 Å². The first-order chi connectivity index (χ1) is 15.0. The number of hydrogen-bond donors (Lipinski definition) is 0. The molecular formula is C23H27N3O4S. The van der Waals surface area contributed by atoms with Crippen molar-refractivity contribution in [3.8, 4) is 11.8 Å². The lowest BCUT2D eigenvalue weighted by atomic mass is 9.78. The molecule has 2 aliphatic rings. The molecule has 0 unspecified atom stereocenters. The standard InChI is InChI=1S/C23H27N3O4S/c1-29-19-5-4-18(21(24-19)30-2)22(28)26-13-10-23(16-26)8-11-25(12-9-23)20(27)6-3-17-7-14-31-15-17/h3-7,14-15H,8-13,16H2,1-2H3/b6-3+. The van der Waals surface area contributed by atoms with E-state index in [2.05, 4.69) is 4.98 Å². The zero-order chi connectivity index (χ0) is 21.8. The lowest BCUT2D eigenvalue weighted by Gasteiger charge is -2.39. The summed E-state index contributed by atoms with van der Waals surface area (Å²) in [5, 5.41) is 4.02. The van der Waals surface area contributed by atoms with E-state index in [4.69, 9.17) is 9.47 Å². The summed E-state index contributed by atoms with van der Waals surface area (Å²) in [7, 11) is 3.03. The van der Waals surface area contributed by atoms with Gasteiger partial charge in [-0.05, 0) is 59.2 Å². The number of likely N-dealkylation sites (tertiary alicyclic amines) is 2. The van der Waals surface area contributed by atoms with Crippen molar-refractivity contribution in [3.63, 3.8) is 0 Å². The fourth-order valence-electron chi connectivity index (χ4n) is 4.39. The highest BCUT2D eigenvalue weighted by Crippen LogP contribution is 2.41. The Kier molecular flexibility index (Phi) is 6.27. The van der Waals surface area contributed by atoms with E-state index >= 15 is 0 Å². The van der Waals surface area contributed by atoms with Gasteiger partial charge < -0.3 is 19.3 Å². The Labute approximate surface area is 186 Å². The van der Waals surface area contributed by atoms with Crippen LogP contribution in [-0.2, 0) is 4.79 Å². The number of nitrogens with zero attached hydrogens (tertiary/aromatic N) is 3. The predicted molar refractivity (Wildman–Crippen MR) is 119 cm³/mol. The van der Waals surface area contributed by atoms with E-state index in [1.165, 1.54) is 14.2 Å². The lowest BCUT2D eigenvalue weighted by Crippen LogP contribution is -2.44. The minimum Gasteiger partial charge on any atom is -0.481 e. The Bertz CT molecular complexity index is 965. The van der Waals surface area contributed by atoms with Gasteiger partial charge in [0.25, 0.3) is 5.91 Å². The quantitative estimate of drug-likeness (QED) is 0.666. The Hall–Kier alpha value is -2.87. The molecule has 8 heteroatoms. The second kappa shape index (κ2) is 9.09. The molecule has 0 radical (unpaired) electrons. The summed E-state index contributed by atoms with van der Waals surface area (Å²) in [6, 6.07) is 5.38. The molecule has 2 aromatic heterocycles. The monoisotopic (exact) mass is 441 g/mol. The average molecular weight is 442 g/mol. The number of pyridine rings is 1. The molecule has 4 heterocycles. The van der Waals surface area contributed by atoms with Crippen molar-refractivity contribution in [3.05, 3.63) is 46.2 Å². The third-order valence-electron chi connectivity index (χ3n) is 6.29. The van der Waals surface area contributed by atoms with E-state index in [9.17, 15) is 9.59 Å². The first-order valence-corrected chi connectivity index (χ1v) is 11.4. The summed E-state index contributed by atoms with van der Waals surface area (Å²) in [5.41, 5.74) is 1.59. The van der Waals surface area contributed by atoms with E-state index in [0.717, 1.165) is 37.9 Å². The average Bonchev–Trinajstić information content (AvgIpc) is 3.47. The van der Waals surface area contributed by atoms with Gasteiger partial charge in [0.1, 0.15) is 5.56 Å². The molecule has 0 aromatic carbocycles. The number of amides is 2. The minimum absolute atomic E-state index is 0.0565. The van der Waals surface area contributed by atoms with Crippen LogP contribution >= 0.6 is 11.3 Å². The molecule has 4 rings (SSSR count). The first kappa shape index (κ1) is 21.4. The number of aromatic nitrogens is 1. The van der Waals surface area contributed by atoms with Crippen molar-refractivity contribution in [1.29, 1.82) is 0 Å². The molecule has 164 valence electrons. The number of ether oxygens (including phenoxy) is 2. The Morgan fingerprint density at radius 2 is 1.81 bits per heavy atom. The van der Waals surface area contributed by atoms with Crippen LogP contribution in [0.5, 0.6) is 11.8 Å². The number of hydrogen-bond acceptors (Lipinski definition) is 6. The summed E-state index contributed by atoms with van der Waals surface area (Å²) in [4.78, 5) is 33.7. The minimum atomic E-state index is -0.0684. The molecule has 2 aromatic rings. The Morgan fingerprint density at radius 1 is 1.06 bits per heavy atom. The highest BCUT2D eigenvalue weighted by Gasteiger charge is 2.43. The molecule has 0 saturated carbocycles. The van der Waals surface area contributed by atoms with Crippen molar-refractivity contribution in [2.45, 2.75) is 19.3 Å². The van der Waals surface area contributed by atoms with Crippen molar-refractivity contribution in [1.82, 2.24) is 14.8 Å². The molecule has 0 bridgehead atoms. The SMILES string of the molecule is COc1ccc(C(=O)N2CCC3(CCN(C(=O)/C=C/c4ccsc4)CC3)C2)c(OC)n1. The molecule has 1 spiro atoms. The third kappa shape index (κ3) is 4.58. The number of methoxy groups -OCH3 is 2. The smallest absolute Gasteiger partial charge is 0.259 e. The molecule has 2 saturated heterocycles. The maximum Gasteiger partial charge on any atom is 0.259 e. The first-order valence-electron chi connectivity index (χ1n) is 10.4. The van der Waals surface area contributed by atoms with Crippen LogP contribution in [-0.4, -0.2) is 67.0 Å². The number of carbonyl (C=O) groups excluding carboxylic acids is 2. The summed E-state index contributed by atoms with van der Waals surface area (Å²) in [6.07, 6.45) is 6.31. The third-order valence-corrected chi connectivity index (χ3v) is 6.99. The van der Waals surface area contributed by atoms with Crippen LogP contribution in [0.3, 0.4) is 0 Å². The van der Waals surface area contributed by atoms with Gasteiger partial charge in [0.05, 0.1) is 14.2 Å². The van der Waals surface area contributed by atoms with Crippen LogP contribution in [0.2, 0.25) is 0 Å². The van der Waals surface area contributed by atoms with Crippen molar-refractivity contribution >= 4 is 29.2 Å². The highest BCUT2D eigenvalue weighted by atomic mass is 32.1. The molecule has 2 amide bonds. The number of rotatable bonds is 5. The second-order valence-corrected chi connectivity index (χ2v) is 8.88. The summed E-state index contributed by atoms with van der Waals surface area (Å²) >= 11 is 1.62. The van der Waals surface area contributed by atoms with Gasteiger partial charge in [-0.15, -0.1) is 0 Å². The predicted octanol–water partition coefficient (Wildman–Crippen LogP) is 3.33. The van der Waals surface area contributed by atoms with Crippen LogP contribution < -0.4 is 9.47 Å². The molecule has 0 aliphatic carbocycles. The molecule has 2 fully saturated rings. The summed E-state index contributed by atoms with van der Waals surface area (Å²) < 4.78 is 10.4. The molecule has 0 N–H and O–H groups in total. The number of carbonyl (C=O) groups is 2. The van der Waals surface area contributed by atoms with Gasteiger partial charge in [-0.25, -0.2) is 0 Å². The van der Waals surface area contributed by atoms with E-state index in [0.29, 0.717) is 24.5 Å². The van der Waals surface area contributed by atoms with Gasteiger partial charge in [-0.2, -0.15) is 16.3 Å². The maximum atomic E-state index is 13.1. The fraction of sp³-hybridized carbons (Fsp3) is 0.435. The summed E-state index contributed by atoms with van der Waals surface area (Å²) in [5.74, 6) is 0.682. The molecular weight excluding hydrogens is 414 g/mol. The van der Waals surface area contributed by atoms with Crippen molar-refractivity contribution in [2.75, 3.05) is 40.4 Å². The Morgan fingerprint density at radius 3 is 2.45 bits per heavy atom. The normalized spacial score (nSPS) is 18.0. The Balaban J connectivity index is 1.36. The number of thiophene rings is 1. The van der Waals surface area contributed by atoms with E-state index < -0.39 is 0 Å². The van der Waals surface area contributed by atoms with Gasteiger partial charge in [0, 0.05) is 38.3 Å². The second-order valence-electron chi connectivity index (χ2n) is 8.10. The highest BCUT2D eigenvalue weighted by molar-refractivity contribution is 7.08. The van der Waals surface area contributed by atoms with Crippen LogP contribution in [0.25, 0.3) is 6.08 Å². The number of piperidine rings is 1. The zero-order valence-electron chi connectivity index (χ0n) is 17.9. The molecule has 0 atom stereocenters. The van der Waals surface area contributed by atoms with Crippen molar-refractivity contribution in [2.24, 2.45) is 5.41 Å². The van der Waals surface area contributed by atoms with Gasteiger partial charge in [-0.1, -0.05) is 0 Å².